The standard InChI is InChI=1S/C17H14N2O2.Cu/c20-11-13-6-2-4-8-15(13)18-19-16-10-9-12-5-1-3-7-14(12)17(16)21;/h1-10,20-21H,11H2;. The van der Waals surface area contributed by atoms with Gasteiger partial charge in [-0.3, -0.25) is 0 Å². The molecule has 4 nitrogen and oxygen atoms in total. The van der Waals surface area contributed by atoms with E-state index in [9.17, 15) is 10.2 Å². The van der Waals surface area contributed by atoms with Gasteiger partial charge in [-0.2, -0.15) is 5.11 Å². The van der Waals surface area contributed by atoms with Gasteiger partial charge in [0.1, 0.15) is 5.69 Å². The molecule has 2 N–H and O–H groups in total. The van der Waals surface area contributed by atoms with Crippen LogP contribution in [0.25, 0.3) is 10.8 Å². The Morgan fingerprint density at radius 3 is 2.27 bits per heavy atom. The molecule has 0 saturated carbocycles. The Morgan fingerprint density at radius 2 is 1.45 bits per heavy atom. The number of benzene rings is 3. The average Bonchev–Trinajstić information content (AvgIpc) is 2.55. The van der Waals surface area contributed by atoms with E-state index in [4.69, 9.17) is 0 Å². The molecule has 0 aliphatic heterocycles. The minimum absolute atomic E-state index is 0. The van der Waals surface area contributed by atoms with Crippen LogP contribution in [0.5, 0.6) is 5.75 Å². The van der Waals surface area contributed by atoms with Gasteiger partial charge in [-0.1, -0.05) is 48.5 Å². The minimum atomic E-state index is -0.0983. The van der Waals surface area contributed by atoms with Crippen molar-refractivity contribution in [3.05, 3.63) is 66.2 Å². The summed E-state index contributed by atoms with van der Waals surface area (Å²) in [5.74, 6) is 0.110. The molecule has 1 radical (unpaired) electrons. The maximum absolute atomic E-state index is 10.3. The number of aliphatic hydroxyl groups excluding tert-OH is 1. The minimum Gasteiger partial charge on any atom is -0.505 e. The van der Waals surface area contributed by atoms with E-state index in [-0.39, 0.29) is 29.4 Å². The van der Waals surface area contributed by atoms with E-state index < -0.39 is 0 Å². The molecule has 0 bridgehead atoms. The van der Waals surface area contributed by atoms with Crippen LogP contribution in [0.1, 0.15) is 5.56 Å². The van der Waals surface area contributed by atoms with Crippen molar-refractivity contribution in [3.8, 4) is 5.75 Å². The first-order valence-corrected chi connectivity index (χ1v) is 6.61. The molecule has 0 aliphatic carbocycles. The van der Waals surface area contributed by atoms with Crippen molar-refractivity contribution in [1.82, 2.24) is 0 Å². The molecule has 0 saturated heterocycles. The van der Waals surface area contributed by atoms with Gasteiger partial charge >= 0.3 is 0 Å². The third-order valence-corrected chi connectivity index (χ3v) is 3.31. The van der Waals surface area contributed by atoms with Crippen LogP contribution in [0, 0.1) is 0 Å². The van der Waals surface area contributed by atoms with Gasteiger partial charge in [0.05, 0.1) is 12.3 Å². The van der Waals surface area contributed by atoms with Crippen LogP contribution < -0.4 is 0 Å². The maximum atomic E-state index is 10.3. The second kappa shape index (κ2) is 7.18. The number of aliphatic hydroxyl groups is 1. The van der Waals surface area contributed by atoms with E-state index in [1.54, 1.807) is 18.2 Å². The summed E-state index contributed by atoms with van der Waals surface area (Å²) in [6.45, 7) is -0.0983. The average molecular weight is 342 g/mol. The molecule has 3 rings (SSSR count). The second-order valence-electron chi connectivity index (χ2n) is 4.64. The Morgan fingerprint density at radius 1 is 0.773 bits per heavy atom. The van der Waals surface area contributed by atoms with Crippen LogP contribution in [-0.4, -0.2) is 10.2 Å². The summed E-state index contributed by atoms with van der Waals surface area (Å²) in [6.07, 6.45) is 0. The molecule has 0 heterocycles. The SMILES string of the molecule is OCc1ccccc1N=Nc1ccc2ccccc2c1O.[Cu]. The van der Waals surface area contributed by atoms with Crippen molar-refractivity contribution in [3.63, 3.8) is 0 Å². The number of phenolic OH excluding ortho intramolecular Hbond substituents is 1. The summed E-state index contributed by atoms with van der Waals surface area (Å²) in [5.41, 5.74) is 1.69. The second-order valence-corrected chi connectivity index (χ2v) is 4.64. The van der Waals surface area contributed by atoms with Crippen molar-refractivity contribution >= 4 is 22.1 Å². The first-order chi connectivity index (χ1) is 10.3. The number of hydrogen-bond acceptors (Lipinski definition) is 4. The first-order valence-electron chi connectivity index (χ1n) is 6.61. The van der Waals surface area contributed by atoms with Crippen molar-refractivity contribution in [2.24, 2.45) is 10.2 Å². The van der Waals surface area contributed by atoms with Crippen molar-refractivity contribution in [1.29, 1.82) is 0 Å². The van der Waals surface area contributed by atoms with Crippen molar-refractivity contribution < 1.29 is 27.3 Å². The van der Waals surface area contributed by atoms with Gasteiger partial charge in [-0.25, -0.2) is 0 Å². The molecule has 0 aliphatic rings. The van der Waals surface area contributed by atoms with E-state index in [0.717, 1.165) is 10.8 Å². The van der Waals surface area contributed by atoms with E-state index in [2.05, 4.69) is 10.2 Å². The molecule has 0 atom stereocenters. The summed E-state index contributed by atoms with van der Waals surface area (Å²) in [7, 11) is 0. The third-order valence-electron chi connectivity index (χ3n) is 3.31. The molecule has 3 aromatic rings. The molecule has 0 aromatic heterocycles. The van der Waals surface area contributed by atoms with Crippen LogP contribution in [0.2, 0.25) is 0 Å². The molecule has 0 amide bonds. The molecule has 3 aromatic carbocycles. The fourth-order valence-electron chi connectivity index (χ4n) is 2.17. The molecule has 22 heavy (non-hydrogen) atoms. The van der Waals surface area contributed by atoms with Gasteiger partial charge in [0.2, 0.25) is 0 Å². The predicted molar refractivity (Wildman–Crippen MR) is 82.2 cm³/mol. The Bertz CT molecular complexity index is 819. The van der Waals surface area contributed by atoms with Gasteiger partial charge in [0.25, 0.3) is 0 Å². The topological polar surface area (TPSA) is 65.2 Å². The van der Waals surface area contributed by atoms with Gasteiger partial charge in [-0.15, -0.1) is 5.11 Å². The molecular formula is C17H14CuN2O2. The molecule has 115 valence electrons. The molecule has 5 heteroatoms. The van der Waals surface area contributed by atoms with Crippen molar-refractivity contribution in [2.45, 2.75) is 6.61 Å². The van der Waals surface area contributed by atoms with Gasteiger partial charge in [-0.05, 0) is 17.5 Å². The van der Waals surface area contributed by atoms with Gasteiger partial charge < -0.3 is 10.2 Å². The van der Waals surface area contributed by atoms with Crippen LogP contribution in [0.3, 0.4) is 0 Å². The zero-order valence-corrected chi connectivity index (χ0v) is 12.5. The molecular weight excluding hydrogens is 328 g/mol. The van der Waals surface area contributed by atoms with E-state index >= 15 is 0 Å². The quantitative estimate of drug-likeness (QED) is 0.546. The monoisotopic (exact) mass is 341 g/mol. The van der Waals surface area contributed by atoms with E-state index in [1.807, 2.05) is 42.5 Å². The van der Waals surface area contributed by atoms with Gasteiger partial charge in [0, 0.05) is 28.0 Å². The first kappa shape index (κ1) is 16.2. The fourth-order valence-corrected chi connectivity index (χ4v) is 2.17. The Kier molecular flexibility index (Phi) is 5.28. The number of rotatable bonds is 3. The van der Waals surface area contributed by atoms with Gasteiger partial charge in [0.15, 0.2) is 5.75 Å². The molecule has 0 spiro atoms. The predicted octanol–water partition coefficient (Wildman–Crippen LogP) is 4.45. The normalized spacial score (nSPS) is 10.8. The van der Waals surface area contributed by atoms with Crippen LogP contribution in [0.4, 0.5) is 11.4 Å². The zero-order valence-electron chi connectivity index (χ0n) is 11.6. The number of hydrogen-bond donors (Lipinski definition) is 2. The van der Waals surface area contributed by atoms with E-state index in [0.29, 0.717) is 16.9 Å². The summed E-state index contributed by atoms with van der Waals surface area (Å²) in [4.78, 5) is 0. The number of nitrogens with zero attached hydrogens (tertiary/aromatic N) is 2. The number of fused-ring (bicyclic) bond motifs is 1. The maximum Gasteiger partial charge on any atom is 0.150 e. The Hall–Kier alpha value is -2.20. The summed E-state index contributed by atoms with van der Waals surface area (Å²) in [6, 6.07) is 18.4. The Balaban J connectivity index is 0.00000176. The number of aromatic hydroxyl groups is 1. The van der Waals surface area contributed by atoms with E-state index in [1.165, 1.54) is 0 Å². The molecule has 0 fully saturated rings. The van der Waals surface area contributed by atoms with Crippen LogP contribution >= 0.6 is 0 Å². The smallest absolute Gasteiger partial charge is 0.150 e. The van der Waals surface area contributed by atoms with Crippen LogP contribution in [-0.2, 0) is 23.7 Å². The molecule has 0 unspecified atom stereocenters. The number of azo groups is 1. The fraction of sp³-hybridized carbons (Fsp3) is 0.0588. The third kappa shape index (κ3) is 3.17. The summed E-state index contributed by atoms with van der Waals surface area (Å²) < 4.78 is 0. The summed E-state index contributed by atoms with van der Waals surface area (Å²) in [5, 5.41) is 29.4. The Labute approximate surface area is 138 Å². The summed E-state index contributed by atoms with van der Waals surface area (Å²) >= 11 is 0. The number of phenols is 1. The van der Waals surface area contributed by atoms with Crippen LogP contribution in [0.15, 0.2) is 70.9 Å². The largest absolute Gasteiger partial charge is 0.505 e. The van der Waals surface area contributed by atoms with Crippen molar-refractivity contribution in [2.75, 3.05) is 0 Å². The zero-order chi connectivity index (χ0) is 14.7.